The summed E-state index contributed by atoms with van der Waals surface area (Å²) in [6, 6.07) is 4.71. The number of carbonyl (C=O) groups is 2. The van der Waals surface area contributed by atoms with Crippen LogP contribution in [0.3, 0.4) is 0 Å². The molecule has 19 heavy (non-hydrogen) atoms. The van der Waals surface area contributed by atoms with Crippen LogP contribution in [-0.4, -0.2) is 36.3 Å². The number of nitrogens with two attached hydrogens (primary N) is 2. The Hall–Kier alpha value is -2.24. The minimum Gasteiger partial charge on any atom is -0.397 e. The average Bonchev–Trinajstić information content (AvgIpc) is 2.38. The molecule has 0 aliphatic carbocycles. The molecule has 0 radical (unpaired) electrons. The number of nitrogens with zero attached hydrogens (tertiary/aromatic N) is 1. The van der Waals surface area contributed by atoms with Crippen molar-refractivity contribution >= 4 is 23.2 Å². The first kappa shape index (κ1) is 14.8. The fraction of sp³-hybridized carbons (Fsp3) is 0.385. The Balaban J connectivity index is 2.68. The van der Waals surface area contributed by atoms with Crippen LogP contribution in [0.25, 0.3) is 0 Å². The third-order valence-corrected chi connectivity index (χ3v) is 2.88. The van der Waals surface area contributed by atoms with Crippen LogP contribution in [0.5, 0.6) is 0 Å². The molecule has 0 bridgehead atoms. The van der Waals surface area contributed by atoms with Crippen LogP contribution in [0.4, 0.5) is 11.4 Å². The number of anilines is 2. The molecule has 0 atom stereocenters. The van der Waals surface area contributed by atoms with E-state index in [1.54, 1.807) is 17.0 Å². The lowest BCUT2D eigenvalue weighted by Crippen LogP contribution is -2.35. The molecule has 0 aliphatic rings. The van der Waals surface area contributed by atoms with Gasteiger partial charge in [-0.15, -0.1) is 0 Å². The van der Waals surface area contributed by atoms with E-state index >= 15 is 0 Å². The molecule has 0 saturated carbocycles. The van der Waals surface area contributed by atoms with Crippen LogP contribution in [-0.2, 0) is 4.79 Å². The van der Waals surface area contributed by atoms with Crippen LogP contribution in [0.15, 0.2) is 18.2 Å². The van der Waals surface area contributed by atoms with Crippen molar-refractivity contribution in [3.8, 4) is 0 Å². The summed E-state index contributed by atoms with van der Waals surface area (Å²) in [6.45, 7) is 5.37. The number of likely N-dealkylation sites (N-methyl/N-ethyl adjacent to an activating group) is 1. The quantitative estimate of drug-likeness (QED) is 0.656. The zero-order chi connectivity index (χ0) is 14.4. The van der Waals surface area contributed by atoms with E-state index < -0.39 is 5.91 Å². The molecule has 0 fully saturated rings. The smallest absolute Gasteiger partial charge is 0.248 e. The van der Waals surface area contributed by atoms with Gasteiger partial charge < -0.3 is 21.7 Å². The number of benzene rings is 1. The van der Waals surface area contributed by atoms with Crippen molar-refractivity contribution in [3.63, 3.8) is 0 Å². The van der Waals surface area contributed by atoms with Gasteiger partial charge in [0.15, 0.2) is 0 Å². The molecule has 0 unspecified atom stereocenters. The van der Waals surface area contributed by atoms with E-state index in [4.69, 9.17) is 11.5 Å². The summed E-state index contributed by atoms with van der Waals surface area (Å²) in [7, 11) is 0. The van der Waals surface area contributed by atoms with Gasteiger partial charge in [-0.25, -0.2) is 0 Å². The fourth-order valence-corrected chi connectivity index (χ4v) is 1.74. The van der Waals surface area contributed by atoms with Crippen LogP contribution in [0.1, 0.15) is 24.2 Å². The standard InChI is InChI=1S/C13H20N4O2/c1-3-17(4-2)12(18)8-16-11-6-5-9(13(15)19)7-10(11)14/h5-7,16H,3-4,8,14H2,1-2H3,(H2,15,19). The van der Waals surface area contributed by atoms with Gasteiger partial charge >= 0.3 is 0 Å². The normalized spacial score (nSPS) is 10.0. The molecule has 6 nitrogen and oxygen atoms in total. The highest BCUT2D eigenvalue weighted by Crippen LogP contribution is 2.19. The molecule has 0 spiro atoms. The van der Waals surface area contributed by atoms with E-state index in [2.05, 4.69) is 5.32 Å². The lowest BCUT2D eigenvalue weighted by molar-refractivity contribution is -0.128. The van der Waals surface area contributed by atoms with E-state index in [-0.39, 0.29) is 12.5 Å². The Morgan fingerprint density at radius 3 is 2.37 bits per heavy atom. The summed E-state index contributed by atoms with van der Waals surface area (Å²) in [5.41, 5.74) is 12.3. The molecule has 104 valence electrons. The number of hydrogen-bond acceptors (Lipinski definition) is 4. The number of primary amides is 1. The maximum atomic E-state index is 11.8. The third-order valence-electron chi connectivity index (χ3n) is 2.88. The van der Waals surface area contributed by atoms with E-state index in [0.717, 1.165) is 0 Å². The molecule has 1 rings (SSSR count). The Kier molecular flexibility index (Phi) is 5.17. The van der Waals surface area contributed by atoms with Crippen molar-refractivity contribution in [2.45, 2.75) is 13.8 Å². The molecule has 0 aromatic heterocycles. The second kappa shape index (κ2) is 6.63. The molecule has 0 heterocycles. The first-order valence-electron chi connectivity index (χ1n) is 6.20. The van der Waals surface area contributed by atoms with Crippen molar-refractivity contribution in [1.29, 1.82) is 0 Å². The van der Waals surface area contributed by atoms with Gasteiger partial charge in [-0.1, -0.05) is 0 Å². The van der Waals surface area contributed by atoms with E-state index in [0.29, 0.717) is 30.0 Å². The first-order chi connectivity index (χ1) is 8.99. The highest BCUT2D eigenvalue weighted by atomic mass is 16.2. The topological polar surface area (TPSA) is 101 Å². The second-order valence-corrected chi connectivity index (χ2v) is 4.09. The highest BCUT2D eigenvalue weighted by molar-refractivity contribution is 5.95. The van der Waals surface area contributed by atoms with Crippen LogP contribution in [0, 0.1) is 0 Å². The maximum absolute atomic E-state index is 11.8. The molecule has 1 aromatic carbocycles. The number of nitrogen functional groups attached to an aromatic ring is 1. The summed E-state index contributed by atoms with van der Waals surface area (Å²) >= 11 is 0. The molecule has 6 heteroatoms. The molecule has 0 saturated heterocycles. The maximum Gasteiger partial charge on any atom is 0.248 e. The van der Waals surface area contributed by atoms with Gasteiger partial charge in [-0.05, 0) is 32.0 Å². The minimum absolute atomic E-state index is 0.00313. The monoisotopic (exact) mass is 264 g/mol. The molecule has 2 amide bonds. The average molecular weight is 264 g/mol. The number of amides is 2. The van der Waals surface area contributed by atoms with Crippen molar-refractivity contribution in [2.75, 3.05) is 30.7 Å². The molecule has 0 aliphatic heterocycles. The van der Waals surface area contributed by atoms with Crippen molar-refractivity contribution < 1.29 is 9.59 Å². The minimum atomic E-state index is -0.530. The summed E-state index contributed by atoms with van der Waals surface area (Å²) in [5.74, 6) is -0.527. The first-order valence-corrected chi connectivity index (χ1v) is 6.20. The van der Waals surface area contributed by atoms with Crippen LogP contribution < -0.4 is 16.8 Å². The lowest BCUT2D eigenvalue weighted by atomic mass is 10.1. The zero-order valence-corrected chi connectivity index (χ0v) is 11.3. The van der Waals surface area contributed by atoms with Crippen molar-refractivity contribution in [3.05, 3.63) is 23.8 Å². The molecular formula is C13H20N4O2. The second-order valence-electron chi connectivity index (χ2n) is 4.09. The van der Waals surface area contributed by atoms with Gasteiger partial charge in [-0.3, -0.25) is 9.59 Å². The predicted molar refractivity (Wildman–Crippen MR) is 75.8 cm³/mol. The highest BCUT2D eigenvalue weighted by Gasteiger charge is 2.10. The Morgan fingerprint density at radius 1 is 1.26 bits per heavy atom. The van der Waals surface area contributed by atoms with E-state index in [1.165, 1.54) is 6.07 Å². The molecule has 1 aromatic rings. The number of rotatable bonds is 6. The summed E-state index contributed by atoms with van der Waals surface area (Å²) in [6.07, 6.45) is 0. The summed E-state index contributed by atoms with van der Waals surface area (Å²) in [5, 5.41) is 2.96. The predicted octanol–water partition coefficient (Wildman–Crippen LogP) is 0.648. The van der Waals surface area contributed by atoms with Gasteiger partial charge in [0.25, 0.3) is 0 Å². The van der Waals surface area contributed by atoms with Crippen LogP contribution in [0.2, 0.25) is 0 Å². The third kappa shape index (κ3) is 3.87. The molecule has 5 N–H and O–H groups in total. The lowest BCUT2D eigenvalue weighted by Gasteiger charge is -2.19. The van der Waals surface area contributed by atoms with Gasteiger partial charge in [0.05, 0.1) is 17.9 Å². The Morgan fingerprint density at radius 2 is 1.89 bits per heavy atom. The summed E-state index contributed by atoms with van der Waals surface area (Å²) in [4.78, 5) is 24.5. The zero-order valence-electron chi connectivity index (χ0n) is 11.3. The van der Waals surface area contributed by atoms with E-state index in [9.17, 15) is 9.59 Å². The van der Waals surface area contributed by atoms with Crippen molar-refractivity contribution in [1.82, 2.24) is 4.90 Å². The van der Waals surface area contributed by atoms with Gasteiger partial charge in [0.2, 0.25) is 11.8 Å². The fourth-order valence-electron chi connectivity index (χ4n) is 1.74. The largest absolute Gasteiger partial charge is 0.397 e. The summed E-state index contributed by atoms with van der Waals surface area (Å²) < 4.78 is 0. The Labute approximate surface area is 112 Å². The SMILES string of the molecule is CCN(CC)C(=O)CNc1ccc(C(N)=O)cc1N. The van der Waals surface area contributed by atoms with Gasteiger partial charge in [0.1, 0.15) is 0 Å². The number of hydrogen-bond donors (Lipinski definition) is 3. The number of nitrogens with one attached hydrogen (secondary N) is 1. The van der Waals surface area contributed by atoms with Crippen molar-refractivity contribution in [2.24, 2.45) is 5.73 Å². The van der Waals surface area contributed by atoms with Gasteiger partial charge in [-0.2, -0.15) is 0 Å². The molecular weight excluding hydrogens is 244 g/mol. The number of carbonyl (C=O) groups excluding carboxylic acids is 2. The van der Waals surface area contributed by atoms with Crippen LogP contribution >= 0.6 is 0 Å². The van der Waals surface area contributed by atoms with Gasteiger partial charge in [0, 0.05) is 18.7 Å². The van der Waals surface area contributed by atoms with E-state index in [1.807, 2.05) is 13.8 Å². The Bertz CT molecular complexity index is 470.